The first-order chi connectivity index (χ1) is 12.7. The lowest BCUT2D eigenvalue weighted by molar-refractivity contribution is 0.116. The first-order valence-electron chi connectivity index (χ1n) is 9.16. The van der Waals surface area contributed by atoms with Crippen molar-refractivity contribution in [2.24, 2.45) is 0 Å². The van der Waals surface area contributed by atoms with Gasteiger partial charge in [0.2, 0.25) is 0 Å². The number of anilines is 1. The number of aromatic nitrogens is 1. The molecule has 1 fully saturated rings. The van der Waals surface area contributed by atoms with E-state index in [1.54, 1.807) is 11.3 Å². The molecular formula is C19H25N3O3S. The van der Waals surface area contributed by atoms with Crippen LogP contribution in [-0.2, 0) is 0 Å². The first-order valence-corrected chi connectivity index (χ1v) is 10.0. The maximum Gasteiger partial charge on any atom is 0.185 e. The van der Waals surface area contributed by atoms with Gasteiger partial charge in [0.15, 0.2) is 16.6 Å². The van der Waals surface area contributed by atoms with Gasteiger partial charge in [-0.2, -0.15) is 0 Å². The van der Waals surface area contributed by atoms with Gasteiger partial charge in [0.05, 0.1) is 11.8 Å². The molecule has 1 N–H and O–H groups in total. The lowest BCUT2D eigenvalue weighted by Gasteiger charge is -2.25. The highest BCUT2D eigenvalue weighted by molar-refractivity contribution is 7.13. The third-order valence-corrected chi connectivity index (χ3v) is 5.87. The number of aliphatic hydroxyl groups excluding tert-OH is 1. The van der Waals surface area contributed by atoms with Crippen molar-refractivity contribution < 1.29 is 14.6 Å². The van der Waals surface area contributed by atoms with E-state index in [4.69, 9.17) is 9.47 Å². The molecule has 7 heteroatoms. The monoisotopic (exact) mass is 375 g/mol. The fourth-order valence-electron chi connectivity index (χ4n) is 3.45. The number of aryl methyl sites for hydroxylation is 1. The highest BCUT2D eigenvalue weighted by Crippen LogP contribution is 2.33. The fraction of sp³-hybridized carbons (Fsp3) is 0.526. The maximum atomic E-state index is 10.7. The molecule has 1 saturated heterocycles. The molecule has 0 spiro atoms. The number of ether oxygens (including phenoxy) is 2. The zero-order chi connectivity index (χ0) is 17.9. The van der Waals surface area contributed by atoms with Crippen molar-refractivity contribution in [3.8, 4) is 11.5 Å². The number of hydrogen-bond donors (Lipinski definition) is 1. The summed E-state index contributed by atoms with van der Waals surface area (Å²) in [6.45, 7) is 7.69. The zero-order valence-electron chi connectivity index (χ0n) is 15.1. The van der Waals surface area contributed by atoms with Crippen LogP contribution in [0, 0.1) is 6.92 Å². The Morgan fingerprint density at radius 3 is 2.81 bits per heavy atom. The molecule has 1 aromatic carbocycles. The fourth-order valence-corrected chi connectivity index (χ4v) is 4.31. The second-order valence-corrected chi connectivity index (χ2v) is 7.67. The standard InChI is InChI=1S/C19H25N3O3S/c1-14-13-26-19(20-14)22-6-2-5-21(7-8-22)12-16(23)15-3-4-17-18(11-15)25-10-9-24-17/h3-4,11,13,16,23H,2,5-10,12H2,1H3/t16-/m1/s1. The van der Waals surface area contributed by atoms with Crippen molar-refractivity contribution in [2.75, 3.05) is 50.8 Å². The van der Waals surface area contributed by atoms with Crippen LogP contribution in [0.5, 0.6) is 11.5 Å². The molecule has 2 aliphatic heterocycles. The summed E-state index contributed by atoms with van der Waals surface area (Å²) in [7, 11) is 0. The minimum absolute atomic E-state index is 0.528. The van der Waals surface area contributed by atoms with Gasteiger partial charge in [-0.15, -0.1) is 11.3 Å². The van der Waals surface area contributed by atoms with Crippen molar-refractivity contribution >= 4 is 16.5 Å². The largest absolute Gasteiger partial charge is 0.486 e. The maximum absolute atomic E-state index is 10.7. The molecule has 0 saturated carbocycles. The first kappa shape index (κ1) is 17.6. The molecule has 26 heavy (non-hydrogen) atoms. The average Bonchev–Trinajstić information content (AvgIpc) is 2.96. The Morgan fingerprint density at radius 2 is 2.00 bits per heavy atom. The predicted octanol–water partition coefficient (Wildman–Crippen LogP) is 2.47. The van der Waals surface area contributed by atoms with Crippen molar-refractivity contribution in [1.82, 2.24) is 9.88 Å². The van der Waals surface area contributed by atoms with Crippen LogP contribution in [0.25, 0.3) is 0 Å². The number of rotatable bonds is 4. The van der Waals surface area contributed by atoms with E-state index in [9.17, 15) is 5.11 Å². The third kappa shape index (κ3) is 3.95. The SMILES string of the molecule is Cc1csc(N2CCCN(C[C@@H](O)c3ccc4c(c3)OCCO4)CC2)n1. The van der Waals surface area contributed by atoms with Crippen LogP contribution < -0.4 is 14.4 Å². The van der Waals surface area contributed by atoms with E-state index in [0.29, 0.717) is 19.8 Å². The topological polar surface area (TPSA) is 58.1 Å². The van der Waals surface area contributed by atoms with Crippen molar-refractivity contribution in [1.29, 1.82) is 0 Å². The van der Waals surface area contributed by atoms with Crippen LogP contribution in [0.2, 0.25) is 0 Å². The Balaban J connectivity index is 1.36. The number of thiazole rings is 1. The predicted molar refractivity (Wildman–Crippen MR) is 103 cm³/mol. The van der Waals surface area contributed by atoms with Crippen LogP contribution in [-0.4, -0.2) is 60.9 Å². The van der Waals surface area contributed by atoms with Gasteiger partial charge in [0.25, 0.3) is 0 Å². The van der Waals surface area contributed by atoms with Crippen LogP contribution >= 0.6 is 11.3 Å². The molecular weight excluding hydrogens is 350 g/mol. The normalized spacial score (nSPS) is 19.2. The summed E-state index contributed by atoms with van der Waals surface area (Å²) in [6.07, 6.45) is 0.548. The van der Waals surface area contributed by atoms with Crippen LogP contribution in [0.3, 0.4) is 0 Å². The smallest absolute Gasteiger partial charge is 0.185 e. The van der Waals surface area contributed by atoms with Gasteiger partial charge in [0.1, 0.15) is 13.2 Å². The number of benzene rings is 1. The van der Waals surface area contributed by atoms with Gasteiger partial charge in [-0.1, -0.05) is 6.07 Å². The molecule has 3 heterocycles. The summed E-state index contributed by atoms with van der Waals surface area (Å²) < 4.78 is 11.2. The van der Waals surface area contributed by atoms with E-state index >= 15 is 0 Å². The van der Waals surface area contributed by atoms with Gasteiger partial charge >= 0.3 is 0 Å². The van der Waals surface area contributed by atoms with E-state index in [0.717, 1.165) is 60.5 Å². The Labute approximate surface area is 158 Å². The molecule has 0 unspecified atom stereocenters. The number of nitrogens with zero attached hydrogens (tertiary/aromatic N) is 3. The van der Waals surface area contributed by atoms with E-state index in [2.05, 4.69) is 20.2 Å². The van der Waals surface area contributed by atoms with Gasteiger partial charge in [-0.05, 0) is 31.0 Å². The van der Waals surface area contributed by atoms with Gasteiger partial charge < -0.3 is 19.5 Å². The molecule has 140 valence electrons. The van der Waals surface area contributed by atoms with Crippen molar-refractivity contribution in [2.45, 2.75) is 19.4 Å². The molecule has 0 bridgehead atoms. The zero-order valence-corrected chi connectivity index (χ0v) is 15.9. The highest BCUT2D eigenvalue weighted by Gasteiger charge is 2.21. The molecule has 1 aromatic heterocycles. The van der Waals surface area contributed by atoms with Crippen LogP contribution in [0.15, 0.2) is 23.6 Å². The Hall–Kier alpha value is -1.83. The molecule has 0 amide bonds. The van der Waals surface area contributed by atoms with Crippen molar-refractivity contribution in [3.63, 3.8) is 0 Å². The number of fused-ring (bicyclic) bond motifs is 1. The summed E-state index contributed by atoms with van der Waals surface area (Å²) in [5, 5.41) is 13.9. The van der Waals surface area contributed by atoms with E-state index < -0.39 is 6.10 Å². The summed E-state index contributed by atoms with van der Waals surface area (Å²) in [5.74, 6) is 1.49. The van der Waals surface area contributed by atoms with Gasteiger partial charge in [-0.3, -0.25) is 4.90 Å². The number of aliphatic hydroxyl groups is 1. The second kappa shape index (κ2) is 7.82. The molecule has 0 radical (unpaired) electrons. The van der Waals surface area contributed by atoms with Gasteiger partial charge in [-0.25, -0.2) is 4.98 Å². The van der Waals surface area contributed by atoms with Crippen molar-refractivity contribution in [3.05, 3.63) is 34.8 Å². The second-order valence-electron chi connectivity index (χ2n) is 6.83. The quantitative estimate of drug-likeness (QED) is 0.886. The molecule has 4 rings (SSSR count). The van der Waals surface area contributed by atoms with E-state index in [-0.39, 0.29) is 0 Å². The Bertz CT molecular complexity index is 751. The lowest BCUT2D eigenvalue weighted by Crippen LogP contribution is -2.33. The van der Waals surface area contributed by atoms with E-state index in [1.165, 1.54) is 0 Å². The summed E-state index contributed by atoms with van der Waals surface area (Å²) >= 11 is 1.71. The summed E-state index contributed by atoms with van der Waals surface area (Å²) in [5.41, 5.74) is 1.96. The number of hydrogen-bond acceptors (Lipinski definition) is 7. The van der Waals surface area contributed by atoms with Crippen LogP contribution in [0.4, 0.5) is 5.13 Å². The molecule has 6 nitrogen and oxygen atoms in total. The molecule has 2 aromatic rings. The Morgan fingerprint density at radius 1 is 1.15 bits per heavy atom. The Kier molecular flexibility index (Phi) is 5.28. The van der Waals surface area contributed by atoms with Crippen LogP contribution in [0.1, 0.15) is 23.8 Å². The highest BCUT2D eigenvalue weighted by atomic mass is 32.1. The minimum atomic E-state index is -0.528. The van der Waals surface area contributed by atoms with E-state index in [1.807, 2.05) is 25.1 Å². The number of β-amino-alcohol motifs (C(OH)–C–C–N with tert-alkyl or cyclic N) is 1. The third-order valence-electron chi connectivity index (χ3n) is 4.85. The minimum Gasteiger partial charge on any atom is -0.486 e. The van der Waals surface area contributed by atoms with Gasteiger partial charge in [0, 0.05) is 38.1 Å². The average molecular weight is 375 g/mol. The molecule has 0 aliphatic carbocycles. The lowest BCUT2D eigenvalue weighted by atomic mass is 10.1. The molecule has 2 aliphatic rings. The summed E-state index contributed by atoms with van der Waals surface area (Å²) in [4.78, 5) is 9.29. The molecule has 1 atom stereocenters. The summed E-state index contributed by atoms with van der Waals surface area (Å²) in [6, 6.07) is 5.73.